The number of aryl methyl sites for hydroxylation is 1. The lowest BCUT2D eigenvalue weighted by molar-refractivity contribution is 0.894. The molecule has 1 aromatic heterocycles. The molecule has 1 heterocycles. The predicted molar refractivity (Wildman–Crippen MR) is 73.5 cm³/mol. The van der Waals surface area contributed by atoms with Crippen LogP contribution in [-0.4, -0.2) is 4.98 Å². The maximum atomic E-state index is 4.70. The molecule has 1 nitrogen and oxygen atoms in total. The molecule has 0 amide bonds. The Bertz CT molecular complexity index is 479. The van der Waals surface area contributed by atoms with Crippen molar-refractivity contribution in [1.82, 2.24) is 4.98 Å². The molecule has 15 heavy (non-hydrogen) atoms. The number of rotatable bonds is 2. The van der Waals surface area contributed by atoms with E-state index >= 15 is 0 Å². The quantitative estimate of drug-likeness (QED) is 0.590. The number of halogens is 1. The van der Waals surface area contributed by atoms with Crippen molar-refractivity contribution >= 4 is 33.5 Å². The Hall–Kier alpha value is -0.640. The van der Waals surface area contributed by atoms with E-state index in [1.165, 1.54) is 16.6 Å². The monoisotopic (exact) mass is 311 g/mol. The fraction of sp³-hybridized carbons (Fsp3) is 0.308. The molecule has 2 rings (SSSR count). The normalized spacial score (nSPS) is 13.0. The summed E-state index contributed by atoms with van der Waals surface area (Å²) in [5.74, 6) is 0. The van der Waals surface area contributed by atoms with E-state index in [2.05, 4.69) is 60.7 Å². The van der Waals surface area contributed by atoms with Gasteiger partial charge < -0.3 is 0 Å². The zero-order chi connectivity index (χ0) is 10.8. The highest BCUT2D eigenvalue weighted by Gasteiger charge is 2.08. The summed E-state index contributed by atoms with van der Waals surface area (Å²) in [6.07, 6.45) is 1.13. The first-order chi connectivity index (χ1) is 7.22. The molecule has 0 N–H and O–H groups in total. The fourth-order valence-corrected chi connectivity index (χ4v) is 2.06. The molecule has 0 aliphatic rings. The maximum absolute atomic E-state index is 4.70. The van der Waals surface area contributed by atoms with E-state index in [4.69, 9.17) is 4.98 Å². The van der Waals surface area contributed by atoms with Gasteiger partial charge in [-0.05, 0) is 31.0 Å². The summed E-state index contributed by atoms with van der Waals surface area (Å²) in [5.41, 5.74) is 3.64. The van der Waals surface area contributed by atoms with Crippen molar-refractivity contribution in [2.75, 3.05) is 0 Å². The lowest BCUT2D eigenvalue weighted by atomic mass is 10.1. The van der Waals surface area contributed by atoms with E-state index in [0.29, 0.717) is 3.92 Å². The maximum Gasteiger partial charge on any atom is 0.0708 e. The first-order valence-electron chi connectivity index (χ1n) is 5.22. The molecule has 0 saturated carbocycles. The van der Waals surface area contributed by atoms with Crippen molar-refractivity contribution in [1.29, 1.82) is 0 Å². The molecule has 78 valence electrons. The van der Waals surface area contributed by atoms with Gasteiger partial charge in [-0.3, -0.25) is 4.98 Å². The van der Waals surface area contributed by atoms with Crippen molar-refractivity contribution in [3.8, 4) is 0 Å². The predicted octanol–water partition coefficient (Wildman–Crippen LogP) is 4.43. The molecular formula is C13H14IN. The Morgan fingerprint density at radius 1 is 1.33 bits per heavy atom. The van der Waals surface area contributed by atoms with Gasteiger partial charge in [0, 0.05) is 5.39 Å². The second kappa shape index (κ2) is 4.47. The number of fused-ring (bicyclic) bond motifs is 1. The number of hydrogen-bond acceptors (Lipinski definition) is 1. The van der Waals surface area contributed by atoms with Crippen LogP contribution < -0.4 is 0 Å². The first-order valence-corrected chi connectivity index (χ1v) is 6.47. The summed E-state index contributed by atoms with van der Waals surface area (Å²) in [7, 11) is 0. The molecule has 0 spiro atoms. The van der Waals surface area contributed by atoms with Gasteiger partial charge in [-0.25, -0.2) is 0 Å². The summed E-state index contributed by atoms with van der Waals surface area (Å²) in [6.45, 7) is 4.36. The third-order valence-electron chi connectivity index (χ3n) is 2.62. The van der Waals surface area contributed by atoms with Crippen molar-refractivity contribution in [2.24, 2.45) is 0 Å². The largest absolute Gasteiger partial charge is 0.252 e. The first kappa shape index (κ1) is 10.9. The van der Waals surface area contributed by atoms with Gasteiger partial charge in [0.1, 0.15) is 0 Å². The Labute approximate surface area is 104 Å². The van der Waals surface area contributed by atoms with Gasteiger partial charge in [0.05, 0.1) is 15.1 Å². The van der Waals surface area contributed by atoms with Crippen LogP contribution in [0.1, 0.15) is 28.5 Å². The van der Waals surface area contributed by atoms with E-state index in [0.717, 1.165) is 11.9 Å². The Morgan fingerprint density at radius 2 is 2.07 bits per heavy atom. The van der Waals surface area contributed by atoms with Gasteiger partial charge in [-0.2, -0.15) is 0 Å². The minimum Gasteiger partial charge on any atom is -0.252 e. The van der Waals surface area contributed by atoms with Crippen LogP contribution in [0.5, 0.6) is 0 Å². The zero-order valence-corrected chi connectivity index (χ0v) is 11.2. The van der Waals surface area contributed by atoms with Crippen molar-refractivity contribution in [3.63, 3.8) is 0 Å². The smallest absolute Gasteiger partial charge is 0.0708 e. The van der Waals surface area contributed by atoms with Gasteiger partial charge in [-0.1, -0.05) is 47.7 Å². The lowest BCUT2D eigenvalue weighted by Gasteiger charge is -2.09. The number of alkyl halides is 1. The Kier molecular flexibility index (Phi) is 3.24. The van der Waals surface area contributed by atoms with Crippen molar-refractivity contribution in [3.05, 3.63) is 41.6 Å². The van der Waals surface area contributed by atoms with E-state index in [9.17, 15) is 0 Å². The molecule has 1 unspecified atom stereocenters. The molecule has 2 aromatic rings. The van der Waals surface area contributed by atoms with Crippen molar-refractivity contribution in [2.45, 2.75) is 24.2 Å². The van der Waals surface area contributed by atoms with Crippen LogP contribution in [0.15, 0.2) is 30.3 Å². The molecule has 0 radical (unpaired) electrons. The topological polar surface area (TPSA) is 12.9 Å². The SMILES string of the molecule is CCC(I)c1cc(C)c2ccccc2n1. The summed E-state index contributed by atoms with van der Waals surface area (Å²) in [5, 5.41) is 1.26. The van der Waals surface area contributed by atoms with Gasteiger partial charge in [-0.15, -0.1) is 0 Å². The van der Waals surface area contributed by atoms with Crippen LogP contribution in [0.25, 0.3) is 10.9 Å². The zero-order valence-electron chi connectivity index (χ0n) is 9.00. The van der Waals surface area contributed by atoms with Crippen LogP contribution >= 0.6 is 22.6 Å². The number of pyridine rings is 1. The van der Waals surface area contributed by atoms with E-state index in [1.54, 1.807) is 0 Å². The van der Waals surface area contributed by atoms with Gasteiger partial charge in [0.15, 0.2) is 0 Å². The van der Waals surface area contributed by atoms with Crippen LogP contribution in [-0.2, 0) is 0 Å². The summed E-state index contributed by atoms with van der Waals surface area (Å²) < 4.78 is 0.519. The summed E-state index contributed by atoms with van der Waals surface area (Å²) >= 11 is 2.46. The number of hydrogen-bond donors (Lipinski definition) is 0. The van der Waals surface area contributed by atoms with Crippen LogP contribution in [0, 0.1) is 6.92 Å². The fourth-order valence-electron chi connectivity index (χ4n) is 1.75. The van der Waals surface area contributed by atoms with Gasteiger partial charge >= 0.3 is 0 Å². The molecule has 0 fully saturated rings. The standard InChI is InChI=1S/C13H14IN/c1-3-11(14)13-8-9(2)10-6-4-5-7-12(10)15-13/h4-8,11H,3H2,1-2H3. The van der Waals surface area contributed by atoms with E-state index in [1.807, 2.05) is 6.07 Å². The second-order valence-corrected chi connectivity index (χ2v) is 5.26. The van der Waals surface area contributed by atoms with Gasteiger partial charge in [0.25, 0.3) is 0 Å². The van der Waals surface area contributed by atoms with Crippen LogP contribution in [0.2, 0.25) is 0 Å². The third-order valence-corrected chi connectivity index (χ3v) is 4.14. The van der Waals surface area contributed by atoms with E-state index < -0.39 is 0 Å². The lowest BCUT2D eigenvalue weighted by Crippen LogP contribution is -1.94. The summed E-state index contributed by atoms with van der Waals surface area (Å²) in [6, 6.07) is 10.5. The molecule has 0 aliphatic heterocycles. The number of benzene rings is 1. The van der Waals surface area contributed by atoms with Crippen LogP contribution in [0.3, 0.4) is 0 Å². The second-order valence-electron chi connectivity index (χ2n) is 3.76. The van der Waals surface area contributed by atoms with Gasteiger partial charge in [0.2, 0.25) is 0 Å². The highest BCUT2D eigenvalue weighted by molar-refractivity contribution is 14.1. The molecule has 0 aliphatic carbocycles. The molecule has 1 aromatic carbocycles. The average molecular weight is 311 g/mol. The van der Waals surface area contributed by atoms with Crippen LogP contribution in [0.4, 0.5) is 0 Å². The minimum atomic E-state index is 0.519. The highest BCUT2D eigenvalue weighted by atomic mass is 127. The molecule has 0 saturated heterocycles. The highest BCUT2D eigenvalue weighted by Crippen LogP contribution is 2.28. The summed E-state index contributed by atoms with van der Waals surface area (Å²) in [4.78, 5) is 4.70. The molecule has 1 atom stereocenters. The molecular weight excluding hydrogens is 297 g/mol. The average Bonchev–Trinajstić information content (AvgIpc) is 2.28. The Balaban J connectivity index is 2.62. The Morgan fingerprint density at radius 3 is 2.80 bits per heavy atom. The third kappa shape index (κ3) is 2.14. The number of aromatic nitrogens is 1. The number of nitrogens with zero attached hydrogens (tertiary/aromatic N) is 1. The molecule has 2 heteroatoms. The minimum absolute atomic E-state index is 0.519. The molecule has 0 bridgehead atoms. The number of para-hydroxylation sites is 1. The van der Waals surface area contributed by atoms with E-state index in [-0.39, 0.29) is 0 Å². The van der Waals surface area contributed by atoms with Crippen molar-refractivity contribution < 1.29 is 0 Å².